The number of likely N-dealkylation sites (tertiary alicyclic amines) is 1. The van der Waals surface area contributed by atoms with E-state index in [2.05, 4.69) is 4.90 Å². The Bertz CT molecular complexity index is 906. The second kappa shape index (κ2) is 5.97. The van der Waals surface area contributed by atoms with Crippen LogP contribution in [0.4, 0.5) is 0 Å². The molecule has 4 nitrogen and oxygen atoms in total. The van der Waals surface area contributed by atoms with E-state index < -0.39 is 0 Å². The predicted octanol–water partition coefficient (Wildman–Crippen LogP) is 4.07. The zero-order valence-electron chi connectivity index (χ0n) is 14.0. The summed E-state index contributed by atoms with van der Waals surface area (Å²) in [5.41, 5.74) is 0.696. The SMILES string of the molecule is O=c1c2cc(Cl)c(Cl)cc2nc2n1CC[C@@H]1[C@@H]2CCCN1CC1CC1. The van der Waals surface area contributed by atoms with Gasteiger partial charge in [-0.15, -0.1) is 0 Å². The van der Waals surface area contributed by atoms with Crippen molar-refractivity contribution in [2.75, 3.05) is 13.1 Å². The van der Waals surface area contributed by atoms with Gasteiger partial charge >= 0.3 is 0 Å². The molecule has 2 atom stereocenters. The highest BCUT2D eigenvalue weighted by molar-refractivity contribution is 6.42. The lowest BCUT2D eigenvalue weighted by molar-refractivity contribution is 0.0912. The lowest BCUT2D eigenvalue weighted by atomic mass is 9.83. The van der Waals surface area contributed by atoms with Crippen molar-refractivity contribution in [2.45, 2.75) is 50.6 Å². The summed E-state index contributed by atoms with van der Waals surface area (Å²) < 4.78 is 1.88. The topological polar surface area (TPSA) is 38.1 Å². The summed E-state index contributed by atoms with van der Waals surface area (Å²) in [4.78, 5) is 20.5. The molecule has 1 aliphatic carbocycles. The summed E-state index contributed by atoms with van der Waals surface area (Å²) in [6.45, 7) is 3.16. The molecule has 1 aromatic heterocycles. The van der Waals surface area contributed by atoms with Crippen LogP contribution in [0.5, 0.6) is 0 Å². The number of nitrogens with zero attached hydrogens (tertiary/aromatic N) is 3. The molecule has 3 heterocycles. The Morgan fingerprint density at radius 3 is 2.68 bits per heavy atom. The maximum absolute atomic E-state index is 13.0. The van der Waals surface area contributed by atoms with E-state index >= 15 is 0 Å². The summed E-state index contributed by atoms with van der Waals surface area (Å²) in [5.74, 6) is 2.20. The van der Waals surface area contributed by atoms with Gasteiger partial charge in [-0.25, -0.2) is 4.98 Å². The molecule has 0 N–H and O–H groups in total. The predicted molar refractivity (Wildman–Crippen MR) is 101 cm³/mol. The molecule has 2 fully saturated rings. The third-order valence-electron chi connectivity index (χ3n) is 6.09. The van der Waals surface area contributed by atoms with Crippen LogP contribution < -0.4 is 5.56 Å². The largest absolute Gasteiger partial charge is 0.299 e. The van der Waals surface area contributed by atoms with Crippen LogP contribution in [0.3, 0.4) is 0 Å². The van der Waals surface area contributed by atoms with Gasteiger partial charge in [0.05, 0.1) is 20.9 Å². The van der Waals surface area contributed by atoms with E-state index in [4.69, 9.17) is 28.2 Å². The molecule has 0 unspecified atom stereocenters. The number of piperidine rings is 1. The Morgan fingerprint density at radius 2 is 1.88 bits per heavy atom. The van der Waals surface area contributed by atoms with Gasteiger partial charge < -0.3 is 0 Å². The van der Waals surface area contributed by atoms with Gasteiger partial charge in [0, 0.05) is 25.0 Å². The van der Waals surface area contributed by atoms with Crippen molar-refractivity contribution in [1.29, 1.82) is 0 Å². The van der Waals surface area contributed by atoms with E-state index in [1.807, 2.05) is 4.57 Å². The van der Waals surface area contributed by atoms with Gasteiger partial charge in [0.1, 0.15) is 5.82 Å². The van der Waals surface area contributed by atoms with Gasteiger partial charge in [0.15, 0.2) is 0 Å². The number of benzene rings is 1. The van der Waals surface area contributed by atoms with Crippen LogP contribution in [-0.4, -0.2) is 33.6 Å². The van der Waals surface area contributed by atoms with Crippen LogP contribution in [0.15, 0.2) is 16.9 Å². The first-order chi connectivity index (χ1) is 12.1. The van der Waals surface area contributed by atoms with Crippen molar-refractivity contribution in [3.8, 4) is 0 Å². The van der Waals surface area contributed by atoms with Crippen LogP contribution in [0.1, 0.15) is 43.8 Å². The first-order valence-corrected chi connectivity index (χ1v) is 10.0. The molecular formula is C19H21Cl2N3O. The number of aromatic nitrogens is 2. The molecule has 0 bridgehead atoms. The van der Waals surface area contributed by atoms with Crippen LogP contribution in [0.2, 0.25) is 10.0 Å². The highest BCUT2D eigenvalue weighted by atomic mass is 35.5. The fourth-order valence-electron chi connectivity index (χ4n) is 4.66. The zero-order chi connectivity index (χ0) is 17.1. The van der Waals surface area contributed by atoms with E-state index in [1.54, 1.807) is 12.1 Å². The quantitative estimate of drug-likeness (QED) is 0.791. The number of halogens is 2. The number of fused-ring (bicyclic) bond motifs is 4. The van der Waals surface area contributed by atoms with E-state index in [0.29, 0.717) is 32.9 Å². The second-order valence-electron chi connectivity index (χ2n) is 7.75. The Morgan fingerprint density at radius 1 is 1.08 bits per heavy atom. The lowest BCUT2D eigenvalue weighted by Gasteiger charge is -2.44. The Labute approximate surface area is 156 Å². The fraction of sp³-hybridized carbons (Fsp3) is 0.579. The fourth-order valence-corrected chi connectivity index (χ4v) is 4.99. The minimum atomic E-state index is 0.0244. The first kappa shape index (κ1) is 16.1. The van der Waals surface area contributed by atoms with Crippen molar-refractivity contribution in [3.63, 3.8) is 0 Å². The van der Waals surface area contributed by atoms with Crippen LogP contribution >= 0.6 is 23.2 Å². The van der Waals surface area contributed by atoms with Crippen LogP contribution in [-0.2, 0) is 6.54 Å². The Balaban J connectivity index is 1.60. The number of rotatable bonds is 2. The molecule has 3 aliphatic rings. The molecule has 25 heavy (non-hydrogen) atoms. The maximum atomic E-state index is 13.0. The Kier molecular flexibility index (Phi) is 3.84. The van der Waals surface area contributed by atoms with Gasteiger partial charge in [0.2, 0.25) is 0 Å². The average Bonchev–Trinajstić information content (AvgIpc) is 3.41. The molecule has 1 aromatic carbocycles. The van der Waals surface area contributed by atoms with Gasteiger partial charge in [0.25, 0.3) is 5.56 Å². The highest BCUT2D eigenvalue weighted by Gasteiger charge is 2.40. The van der Waals surface area contributed by atoms with E-state index in [-0.39, 0.29) is 5.56 Å². The molecule has 0 radical (unpaired) electrons. The normalized spacial score (nSPS) is 26.5. The molecule has 2 aliphatic heterocycles. The highest BCUT2D eigenvalue weighted by Crippen LogP contribution is 2.40. The van der Waals surface area contributed by atoms with Gasteiger partial charge in [-0.05, 0) is 56.7 Å². The minimum Gasteiger partial charge on any atom is -0.299 e. The van der Waals surface area contributed by atoms with Crippen molar-refractivity contribution < 1.29 is 0 Å². The third kappa shape index (κ3) is 2.70. The van der Waals surface area contributed by atoms with Crippen molar-refractivity contribution in [1.82, 2.24) is 14.5 Å². The van der Waals surface area contributed by atoms with Crippen LogP contribution in [0.25, 0.3) is 10.9 Å². The molecule has 1 saturated carbocycles. The van der Waals surface area contributed by atoms with Crippen molar-refractivity contribution in [2.24, 2.45) is 5.92 Å². The number of hydrogen-bond acceptors (Lipinski definition) is 3. The van der Waals surface area contributed by atoms with Gasteiger partial charge in [-0.2, -0.15) is 0 Å². The van der Waals surface area contributed by atoms with Crippen molar-refractivity contribution in [3.05, 3.63) is 38.4 Å². The Hall–Kier alpha value is -1.10. The average molecular weight is 378 g/mol. The van der Waals surface area contributed by atoms with Crippen LogP contribution in [0, 0.1) is 5.92 Å². The molecule has 5 rings (SSSR count). The van der Waals surface area contributed by atoms with E-state index in [1.165, 1.54) is 32.4 Å². The molecule has 1 saturated heterocycles. The molecular weight excluding hydrogens is 357 g/mol. The monoisotopic (exact) mass is 377 g/mol. The molecule has 6 heteroatoms. The van der Waals surface area contributed by atoms with Gasteiger partial charge in [-0.3, -0.25) is 14.3 Å². The second-order valence-corrected chi connectivity index (χ2v) is 8.57. The lowest BCUT2D eigenvalue weighted by Crippen LogP contribution is -2.50. The molecule has 0 spiro atoms. The minimum absolute atomic E-state index is 0.0244. The smallest absolute Gasteiger partial charge is 0.261 e. The van der Waals surface area contributed by atoms with E-state index in [9.17, 15) is 4.79 Å². The summed E-state index contributed by atoms with van der Waals surface area (Å²) >= 11 is 12.3. The van der Waals surface area contributed by atoms with E-state index in [0.717, 1.165) is 31.1 Å². The molecule has 132 valence electrons. The molecule has 2 aromatic rings. The first-order valence-electron chi connectivity index (χ1n) is 9.25. The maximum Gasteiger partial charge on any atom is 0.261 e. The summed E-state index contributed by atoms with van der Waals surface area (Å²) in [7, 11) is 0. The van der Waals surface area contributed by atoms with Gasteiger partial charge in [-0.1, -0.05) is 23.2 Å². The zero-order valence-corrected chi connectivity index (χ0v) is 15.6. The molecule has 0 amide bonds. The summed E-state index contributed by atoms with van der Waals surface area (Å²) in [6.07, 6.45) is 6.10. The summed E-state index contributed by atoms with van der Waals surface area (Å²) in [6, 6.07) is 3.92. The van der Waals surface area contributed by atoms with Crippen molar-refractivity contribution >= 4 is 34.1 Å². The standard InChI is InChI=1S/C19H21Cl2N3O/c20-14-8-13-16(9-15(14)21)22-18-12-2-1-6-23(10-11-3-4-11)17(12)5-7-24(18)19(13)25/h8-9,11-12,17H,1-7,10H2/t12-,17+/m0/s1. The number of hydrogen-bond donors (Lipinski definition) is 0. The summed E-state index contributed by atoms with van der Waals surface area (Å²) in [5, 5.41) is 1.44. The third-order valence-corrected chi connectivity index (χ3v) is 6.81.